The first-order valence-corrected chi connectivity index (χ1v) is 9.64. The zero-order chi connectivity index (χ0) is 17.9. The van der Waals surface area contributed by atoms with Gasteiger partial charge in [-0.3, -0.25) is 4.90 Å². The topological polar surface area (TPSA) is 44.8 Å². The van der Waals surface area contributed by atoms with Crippen molar-refractivity contribution in [2.45, 2.75) is 63.5 Å². The summed E-state index contributed by atoms with van der Waals surface area (Å²) in [5.74, 6) is -0.489. The SMILES string of the molecule is CC1(N2CCOCC2)CCN(C(=O)NC2CCC(C(F)F)CC2)CC1. The summed E-state index contributed by atoms with van der Waals surface area (Å²) in [4.78, 5) is 16.9. The van der Waals surface area contributed by atoms with Crippen molar-refractivity contribution in [3.63, 3.8) is 0 Å². The lowest BCUT2D eigenvalue weighted by Gasteiger charge is -2.48. The summed E-state index contributed by atoms with van der Waals surface area (Å²) in [5, 5.41) is 3.06. The van der Waals surface area contributed by atoms with Gasteiger partial charge < -0.3 is 15.0 Å². The van der Waals surface area contributed by atoms with E-state index < -0.39 is 12.3 Å². The van der Waals surface area contributed by atoms with Crippen molar-refractivity contribution in [3.8, 4) is 0 Å². The predicted octanol–water partition coefficient (Wildman–Crippen LogP) is 2.71. The maximum Gasteiger partial charge on any atom is 0.317 e. The van der Waals surface area contributed by atoms with Crippen LogP contribution >= 0.6 is 0 Å². The molecule has 0 aromatic heterocycles. The molecule has 7 heteroatoms. The molecule has 0 unspecified atom stereocenters. The van der Waals surface area contributed by atoms with Crippen LogP contribution < -0.4 is 5.32 Å². The Labute approximate surface area is 149 Å². The molecular weight excluding hydrogens is 328 g/mol. The molecule has 144 valence electrons. The van der Waals surface area contributed by atoms with Gasteiger partial charge in [0.2, 0.25) is 6.43 Å². The fourth-order valence-corrected chi connectivity index (χ4v) is 4.39. The standard InChI is InChI=1S/C18H31F2N3O2/c1-18(23-10-12-25-13-11-23)6-8-22(9-7-18)17(24)21-15-4-2-14(3-5-15)16(19)20/h14-16H,2-13H2,1H3,(H,21,24). The maximum absolute atomic E-state index is 12.7. The number of carbonyl (C=O) groups excluding carboxylic acids is 1. The first-order chi connectivity index (χ1) is 12.0. The van der Waals surface area contributed by atoms with Crippen LogP contribution in [0.25, 0.3) is 0 Å². The minimum atomic E-state index is -2.23. The highest BCUT2D eigenvalue weighted by molar-refractivity contribution is 5.74. The fourth-order valence-electron chi connectivity index (χ4n) is 4.39. The molecule has 2 saturated heterocycles. The second kappa shape index (κ2) is 8.16. The van der Waals surface area contributed by atoms with Crippen molar-refractivity contribution in [3.05, 3.63) is 0 Å². The molecule has 3 rings (SSSR count). The number of hydrogen-bond acceptors (Lipinski definition) is 3. The number of nitrogens with zero attached hydrogens (tertiary/aromatic N) is 2. The van der Waals surface area contributed by atoms with Gasteiger partial charge in [-0.15, -0.1) is 0 Å². The van der Waals surface area contributed by atoms with Crippen LogP contribution in [-0.4, -0.2) is 73.2 Å². The largest absolute Gasteiger partial charge is 0.379 e. The van der Waals surface area contributed by atoms with E-state index in [1.165, 1.54) is 0 Å². The molecule has 2 aliphatic heterocycles. The number of alkyl halides is 2. The molecule has 0 bridgehead atoms. The third kappa shape index (κ3) is 4.61. The number of halogens is 2. The van der Waals surface area contributed by atoms with Gasteiger partial charge in [0.05, 0.1) is 13.2 Å². The third-order valence-corrected chi connectivity index (χ3v) is 6.36. The molecule has 0 aromatic carbocycles. The minimum Gasteiger partial charge on any atom is -0.379 e. The number of ether oxygens (including phenoxy) is 1. The second-order valence-electron chi connectivity index (χ2n) is 7.98. The molecule has 0 aromatic rings. The van der Waals surface area contributed by atoms with Gasteiger partial charge in [0.1, 0.15) is 0 Å². The highest BCUT2D eigenvalue weighted by Gasteiger charge is 2.38. The van der Waals surface area contributed by atoms with Crippen LogP contribution in [0.1, 0.15) is 45.4 Å². The Morgan fingerprint density at radius 1 is 1.08 bits per heavy atom. The molecule has 5 nitrogen and oxygen atoms in total. The summed E-state index contributed by atoms with van der Waals surface area (Å²) < 4.78 is 30.9. The highest BCUT2D eigenvalue weighted by Crippen LogP contribution is 2.31. The predicted molar refractivity (Wildman–Crippen MR) is 91.9 cm³/mol. The van der Waals surface area contributed by atoms with Gasteiger partial charge in [-0.1, -0.05) is 0 Å². The monoisotopic (exact) mass is 359 g/mol. The fraction of sp³-hybridized carbons (Fsp3) is 0.944. The number of rotatable bonds is 3. The highest BCUT2D eigenvalue weighted by atomic mass is 19.3. The van der Waals surface area contributed by atoms with Crippen molar-refractivity contribution in [1.82, 2.24) is 15.1 Å². The van der Waals surface area contributed by atoms with Crippen molar-refractivity contribution in [2.24, 2.45) is 5.92 Å². The van der Waals surface area contributed by atoms with Crippen LogP contribution in [0, 0.1) is 5.92 Å². The number of morpholine rings is 1. The Bertz CT molecular complexity index is 442. The molecule has 0 spiro atoms. The van der Waals surface area contributed by atoms with Crippen LogP contribution in [-0.2, 0) is 4.74 Å². The van der Waals surface area contributed by atoms with E-state index in [1.54, 1.807) is 0 Å². The molecule has 25 heavy (non-hydrogen) atoms. The van der Waals surface area contributed by atoms with Crippen LogP contribution in [0.3, 0.4) is 0 Å². The van der Waals surface area contributed by atoms with Crippen LogP contribution in [0.4, 0.5) is 13.6 Å². The Kier molecular flexibility index (Phi) is 6.15. The molecule has 0 atom stereocenters. The molecule has 2 heterocycles. The van der Waals surface area contributed by atoms with E-state index in [4.69, 9.17) is 4.74 Å². The number of carbonyl (C=O) groups is 1. The summed E-state index contributed by atoms with van der Waals surface area (Å²) in [6, 6.07) is 0.0274. The van der Waals surface area contributed by atoms with Crippen LogP contribution in [0.2, 0.25) is 0 Å². The lowest BCUT2D eigenvalue weighted by Crippen LogP contribution is -2.58. The smallest absolute Gasteiger partial charge is 0.317 e. The average molecular weight is 359 g/mol. The molecule has 0 radical (unpaired) electrons. The Morgan fingerprint density at radius 3 is 2.24 bits per heavy atom. The minimum absolute atomic E-state index is 0.0236. The van der Waals surface area contributed by atoms with E-state index in [9.17, 15) is 13.6 Å². The molecule has 1 saturated carbocycles. The first kappa shape index (κ1) is 18.8. The van der Waals surface area contributed by atoms with Gasteiger partial charge in [0, 0.05) is 43.7 Å². The average Bonchev–Trinajstić information content (AvgIpc) is 2.63. The van der Waals surface area contributed by atoms with Gasteiger partial charge in [-0.05, 0) is 45.4 Å². The Balaban J connectivity index is 1.42. The summed E-state index contributed by atoms with van der Waals surface area (Å²) in [7, 11) is 0. The van der Waals surface area contributed by atoms with Gasteiger partial charge in [0.25, 0.3) is 0 Å². The zero-order valence-electron chi connectivity index (χ0n) is 15.2. The van der Waals surface area contributed by atoms with E-state index in [0.717, 1.165) is 52.2 Å². The summed E-state index contributed by atoms with van der Waals surface area (Å²) in [5.41, 5.74) is 0.149. The molecular formula is C18H31F2N3O2. The molecule has 1 N–H and O–H groups in total. The summed E-state index contributed by atoms with van der Waals surface area (Å²) in [6.45, 7) is 7.33. The molecule has 3 fully saturated rings. The van der Waals surface area contributed by atoms with Crippen LogP contribution in [0.5, 0.6) is 0 Å². The lowest BCUT2D eigenvalue weighted by molar-refractivity contribution is -0.0358. The van der Waals surface area contributed by atoms with E-state index >= 15 is 0 Å². The third-order valence-electron chi connectivity index (χ3n) is 6.36. The Hall–Kier alpha value is -0.950. The van der Waals surface area contributed by atoms with Crippen molar-refractivity contribution >= 4 is 6.03 Å². The van der Waals surface area contributed by atoms with Gasteiger partial charge >= 0.3 is 6.03 Å². The van der Waals surface area contributed by atoms with Gasteiger partial charge in [0.15, 0.2) is 0 Å². The molecule has 1 aliphatic carbocycles. The number of piperidine rings is 1. The van der Waals surface area contributed by atoms with Crippen molar-refractivity contribution < 1.29 is 18.3 Å². The van der Waals surface area contributed by atoms with Gasteiger partial charge in [-0.25, -0.2) is 13.6 Å². The van der Waals surface area contributed by atoms with E-state index in [-0.39, 0.29) is 17.6 Å². The Morgan fingerprint density at radius 2 is 1.68 bits per heavy atom. The maximum atomic E-state index is 12.7. The van der Waals surface area contributed by atoms with E-state index in [0.29, 0.717) is 25.7 Å². The van der Waals surface area contributed by atoms with Crippen molar-refractivity contribution in [1.29, 1.82) is 0 Å². The molecule has 2 amide bonds. The summed E-state index contributed by atoms with van der Waals surface area (Å²) >= 11 is 0. The first-order valence-electron chi connectivity index (χ1n) is 9.64. The van der Waals surface area contributed by atoms with Crippen LogP contribution in [0.15, 0.2) is 0 Å². The number of likely N-dealkylation sites (tertiary alicyclic amines) is 1. The lowest BCUT2D eigenvalue weighted by atomic mass is 9.86. The zero-order valence-corrected chi connectivity index (χ0v) is 15.2. The number of hydrogen-bond donors (Lipinski definition) is 1. The summed E-state index contributed by atoms with van der Waals surface area (Å²) in [6.07, 6.45) is 2.07. The molecule has 3 aliphatic rings. The van der Waals surface area contributed by atoms with E-state index in [1.807, 2.05) is 4.90 Å². The second-order valence-corrected chi connectivity index (χ2v) is 7.98. The quantitative estimate of drug-likeness (QED) is 0.843. The van der Waals surface area contributed by atoms with Crippen molar-refractivity contribution in [2.75, 3.05) is 39.4 Å². The number of amides is 2. The normalized spacial score (nSPS) is 31.1. The van der Waals surface area contributed by atoms with E-state index in [2.05, 4.69) is 17.1 Å². The van der Waals surface area contributed by atoms with Gasteiger partial charge in [-0.2, -0.15) is 0 Å². The number of nitrogens with one attached hydrogen (secondary N) is 1. The number of urea groups is 1.